The van der Waals surface area contributed by atoms with Crippen molar-refractivity contribution in [3.8, 4) is 11.3 Å². The van der Waals surface area contributed by atoms with E-state index >= 15 is 0 Å². The third-order valence-electron chi connectivity index (χ3n) is 6.12. The summed E-state index contributed by atoms with van der Waals surface area (Å²) in [5.74, 6) is 0.0116. The highest BCUT2D eigenvalue weighted by atomic mass is 16.2. The van der Waals surface area contributed by atoms with Crippen molar-refractivity contribution in [3.63, 3.8) is 0 Å². The van der Waals surface area contributed by atoms with Crippen molar-refractivity contribution in [2.24, 2.45) is 20.0 Å². The second-order valence-corrected chi connectivity index (χ2v) is 7.80. The Labute approximate surface area is 158 Å². The Morgan fingerprint density at radius 1 is 1.07 bits per heavy atom. The number of fused-ring (bicyclic) bond motifs is 4. The van der Waals surface area contributed by atoms with Crippen molar-refractivity contribution >= 4 is 11.8 Å². The van der Waals surface area contributed by atoms with Gasteiger partial charge in [0.15, 0.2) is 0 Å². The summed E-state index contributed by atoms with van der Waals surface area (Å²) in [6.07, 6.45) is 1.82. The van der Waals surface area contributed by atoms with Gasteiger partial charge in [0.2, 0.25) is 5.91 Å². The van der Waals surface area contributed by atoms with Gasteiger partial charge in [-0.2, -0.15) is 10.2 Å². The Hall–Kier alpha value is -2.64. The molecule has 0 saturated carbocycles. The van der Waals surface area contributed by atoms with Crippen LogP contribution >= 0.6 is 0 Å². The number of aromatic nitrogens is 4. The van der Waals surface area contributed by atoms with E-state index in [0.29, 0.717) is 18.8 Å². The molecule has 8 nitrogen and oxygen atoms in total. The lowest BCUT2D eigenvalue weighted by Crippen LogP contribution is -2.45. The number of amides is 2. The second kappa shape index (κ2) is 6.21. The van der Waals surface area contributed by atoms with Gasteiger partial charge in [0.05, 0.1) is 17.3 Å². The lowest BCUT2D eigenvalue weighted by Gasteiger charge is -2.32. The van der Waals surface area contributed by atoms with Crippen LogP contribution in [0.25, 0.3) is 11.3 Å². The van der Waals surface area contributed by atoms with Gasteiger partial charge in [0, 0.05) is 51.5 Å². The summed E-state index contributed by atoms with van der Waals surface area (Å²) in [4.78, 5) is 29.3. The minimum Gasteiger partial charge on any atom is -0.341 e. The van der Waals surface area contributed by atoms with Crippen molar-refractivity contribution in [1.82, 2.24) is 29.4 Å². The SMILES string of the molecule is Cc1nn(C)c(C)c1-c1cc(C(=O)N2C[C@@H]3CC[C@H](C2)N(C)C3=O)n(C)n1. The molecule has 27 heavy (non-hydrogen) atoms. The van der Waals surface area contributed by atoms with Gasteiger partial charge in [-0.1, -0.05) is 0 Å². The maximum atomic E-state index is 13.2. The molecule has 8 heteroatoms. The van der Waals surface area contributed by atoms with E-state index in [1.165, 1.54) is 0 Å². The predicted molar refractivity (Wildman–Crippen MR) is 100 cm³/mol. The molecular weight excluding hydrogens is 344 g/mol. The van der Waals surface area contributed by atoms with Gasteiger partial charge in [-0.15, -0.1) is 0 Å². The number of aryl methyl sites for hydroxylation is 3. The van der Waals surface area contributed by atoms with Crippen molar-refractivity contribution in [2.75, 3.05) is 20.1 Å². The molecular formula is C19H26N6O2. The van der Waals surface area contributed by atoms with E-state index in [1.54, 1.807) is 11.7 Å². The van der Waals surface area contributed by atoms with Crippen LogP contribution in [0, 0.1) is 19.8 Å². The first-order valence-electron chi connectivity index (χ1n) is 9.38. The molecule has 3 aliphatic rings. The Balaban J connectivity index is 1.65. The minimum absolute atomic E-state index is 0.0598. The summed E-state index contributed by atoms with van der Waals surface area (Å²) < 4.78 is 3.47. The molecule has 3 aliphatic heterocycles. The summed E-state index contributed by atoms with van der Waals surface area (Å²) in [7, 11) is 5.55. The van der Waals surface area contributed by atoms with Crippen LogP contribution in [0.1, 0.15) is 34.7 Å². The number of piperidine rings is 1. The number of nitrogens with zero attached hydrogens (tertiary/aromatic N) is 6. The molecule has 5 heterocycles. The molecule has 0 radical (unpaired) electrons. The smallest absolute Gasteiger partial charge is 0.272 e. The highest BCUT2D eigenvalue weighted by Crippen LogP contribution is 2.30. The largest absolute Gasteiger partial charge is 0.341 e. The van der Waals surface area contributed by atoms with Crippen molar-refractivity contribution in [1.29, 1.82) is 0 Å². The molecule has 0 aromatic carbocycles. The summed E-state index contributed by atoms with van der Waals surface area (Å²) in [6, 6.07) is 1.95. The standard InChI is InChI=1S/C19H26N6O2/c1-11-17(12(2)23(4)20-11)15-8-16(24(5)21-15)19(27)25-9-13-6-7-14(10-25)22(3)18(13)26/h8,13-14H,6-7,9-10H2,1-5H3/t13-,14+/m0/s1. The van der Waals surface area contributed by atoms with Crippen LogP contribution in [-0.2, 0) is 18.9 Å². The van der Waals surface area contributed by atoms with Gasteiger partial charge in [-0.05, 0) is 32.8 Å². The van der Waals surface area contributed by atoms with E-state index in [4.69, 9.17) is 0 Å². The first-order chi connectivity index (χ1) is 12.8. The van der Waals surface area contributed by atoms with E-state index in [1.807, 2.05) is 48.5 Å². The highest BCUT2D eigenvalue weighted by molar-refractivity contribution is 5.94. The topological polar surface area (TPSA) is 76.3 Å². The highest BCUT2D eigenvalue weighted by Gasteiger charge is 2.40. The maximum Gasteiger partial charge on any atom is 0.272 e. The molecule has 0 aliphatic carbocycles. The third kappa shape index (κ3) is 2.74. The fourth-order valence-corrected chi connectivity index (χ4v) is 4.42. The molecule has 2 aromatic heterocycles. The monoisotopic (exact) mass is 370 g/mol. The average molecular weight is 370 g/mol. The zero-order chi connectivity index (χ0) is 19.5. The molecule has 0 unspecified atom stereocenters. The Kier molecular flexibility index (Phi) is 4.09. The minimum atomic E-state index is -0.0896. The van der Waals surface area contributed by atoms with Crippen LogP contribution in [-0.4, -0.2) is 67.4 Å². The van der Waals surface area contributed by atoms with Gasteiger partial charge in [-0.3, -0.25) is 19.0 Å². The van der Waals surface area contributed by atoms with Crippen LogP contribution in [0.3, 0.4) is 0 Å². The predicted octanol–water partition coefficient (Wildman–Crippen LogP) is 1.13. The van der Waals surface area contributed by atoms with E-state index in [9.17, 15) is 9.59 Å². The van der Waals surface area contributed by atoms with Crippen LogP contribution < -0.4 is 0 Å². The summed E-state index contributed by atoms with van der Waals surface area (Å²) >= 11 is 0. The molecule has 5 rings (SSSR count). The Bertz CT molecular complexity index is 927. The molecule has 2 amide bonds. The van der Waals surface area contributed by atoms with Gasteiger partial charge in [-0.25, -0.2) is 0 Å². The summed E-state index contributed by atoms with van der Waals surface area (Å²) in [6.45, 7) is 5.03. The zero-order valence-electron chi connectivity index (χ0n) is 16.6. The fraction of sp³-hybridized carbons (Fsp3) is 0.579. The van der Waals surface area contributed by atoms with Gasteiger partial charge in [0.25, 0.3) is 5.91 Å². The number of carbonyl (C=O) groups excluding carboxylic acids is 2. The maximum absolute atomic E-state index is 13.2. The lowest BCUT2D eigenvalue weighted by atomic mass is 9.95. The average Bonchev–Trinajstić information content (AvgIpc) is 2.97. The molecule has 144 valence electrons. The molecule has 0 spiro atoms. The number of hydrogen-bond donors (Lipinski definition) is 0. The molecule has 2 bridgehead atoms. The van der Waals surface area contributed by atoms with Crippen molar-refractivity contribution in [2.45, 2.75) is 32.7 Å². The molecule has 2 atom stereocenters. The molecule has 3 fully saturated rings. The summed E-state index contributed by atoms with van der Waals surface area (Å²) in [5, 5.41) is 9.02. The number of rotatable bonds is 2. The van der Waals surface area contributed by atoms with E-state index in [0.717, 1.165) is 35.5 Å². The van der Waals surface area contributed by atoms with Crippen LogP contribution in [0.5, 0.6) is 0 Å². The van der Waals surface area contributed by atoms with E-state index in [-0.39, 0.29) is 23.8 Å². The molecule has 0 N–H and O–H groups in total. The first-order valence-corrected chi connectivity index (χ1v) is 9.38. The first kappa shape index (κ1) is 17.8. The fourth-order valence-electron chi connectivity index (χ4n) is 4.42. The number of hydrogen-bond acceptors (Lipinski definition) is 4. The quantitative estimate of drug-likeness (QED) is 0.794. The molecule has 3 saturated heterocycles. The Morgan fingerprint density at radius 2 is 1.81 bits per heavy atom. The second-order valence-electron chi connectivity index (χ2n) is 7.80. The van der Waals surface area contributed by atoms with Crippen LogP contribution in [0.4, 0.5) is 0 Å². The third-order valence-corrected chi connectivity index (χ3v) is 6.12. The summed E-state index contributed by atoms with van der Waals surface area (Å²) in [5.41, 5.74) is 4.19. The van der Waals surface area contributed by atoms with Gasteiger partial charge >= 0.3 is 0 Å². The lowest BCUT2D eigenvalue weighted by molar-refractivity contribution is -0.138. The zero-order valence-corrected chi connectivity index (χ0v) is 16.6. The number of carbonyl (C=O) groups is 2. The van der Waals surface area contributed by atoms with Crippen LogP contribution in [0.2, 0.25) is 0 Å². The van der Waals surface area contributed by atoms with Gasteiger partial charge < -0.3 is 9.80 Å². The van der Waals surface area contributed by atoms with Crippen molar-refractivity contribution in [3.05, 3.63) is 23.1 Å². The number of likely N-dealkylation sites (N-methyl/N-ethyl adjacent to an activating group) is 1. The van der Waals surface area contributed by atoms with E-state index in [2.05, 4.69) is 10.2 Å². The van der Waals surface area contributed by atoms with E-state index < -0.39 is 0 Å². The normalized spacial score (nSPS) is 22.5. The van der Waals surface area contributed by atoms with Crippen molar-refractivity contribution < 1.29 is 9.59 Å². The van der Waals surface area contributed by atoms with Gasteiger partial charge in [0.1, 0.15) is 5.69 Å². The Morgan fingerprint density at radius 3 is 2.48 bits per heavy atom. The van der Waals surface area contributed by atoms with Crippen LogP contribution in [0.15, 0.2) is 6.07 Å². The molecule has 2 aromatic rings.